The van der Waals surface area contributed by atoms with Crippen LogP contribution >= 0.6 is 11.6 Å². The highest BCUT2D eigenvalue weighted by Crippen LogP contribution is 2.35. The smallest absolute Gasteiger partial charge is 0.129 e. The Morgan fingerprint density at radius 2 is 2.20 bits per heavy atom. The van der Waals surface area contributed by atoms with Gasteiger partial charge in [0.1, 0.15) is 10.8 Å². The topological polar surface area (TPSA) is 57.4 Å². The predicted molar refractivity (Wildman–Crippen MR) is 56.3 cm³/mol. The zero-order valence-electron chi connectivity index (χ0n) is 8.28. The van der Waals surface area contributed by atoms with Crippen molar-refractivity contribution in [2.75, 3.05) is 13.2 Å². The van der Waals surface area contributed by atoms with Gasteiger partial charge in [-0.1, -0.05) is 11.6 Å². The van der Waals surface area contributed by atoms with Gasteiger partial charge in [0.2, 0.25) is 0 Å². The second-order valence-corrected chi connectivity index (χ2v) is 3.98. The van der Waals surface area contributed by atoms with Gasteiger partial charge in [-0.25, -0.2) is 10.9 Å². The van der Waals surface area contributed by atoms with Crippen LogP contribution in [0.2, 0.25) is 5.15 Å². The average molecular weight is 229 g/mol. The first-order valence-electron chi connectivity index (χ1n) is 4.84. The second-order valence-electron chi connectivity index (χ2n) is 3.59. The van der Waals surface area contributed by atoms with E-state index in [1.165, 1.54) is 0 Å². The first kappa shape index (κ1) is 10.8. The first-order chi connectivity index (χ1) is 7.27. The van der Waals surface area contributed by atoms with Crippen molar-refractivity contribution in [1.82, 2.24) is 4.98 Å². The molecule has 5 heteroatoms. The fourth-order valence-electron chi connectivity index (χ4n) is 1.86. The molecule has 1 aliphatic heterocycles. The first-order valence-corrected chi connectivity index (χ1v) is 5.22. The van der Waals surface area contributed by atoms with Crippen molar-refractivity contribution >= 4 is 11.6 Å². The summed E-state index contributed by atoms with van der Waals surface area (Å²) in [5, 5.41) is 0.454. The highest BCUT2D eigenvalue weighted by molar-refractivity contribution is 6.29. The molecule has 1 aliphatic rings. The third-order valence-electron chi connectivity index (χ3n) is 2.78. The zero-order valence-corrected chi connectivity index (χ0v) is 9.04. The number of rotatable bonds is 2. The number of nitrogens with two attached hydrogens (primary N) is 1. The highest BCUT2D eigenvalue weighted by atomic mass is 35.5. The maximum atomic E-state index is 5.84. The molecule has 0 radical (unpaired) electrons. The number of pyridine rings is 1. The number of nitrogens with zero attached hydrogens (tertiary/aromatic N) is 1. The van der Waals surface area contributed by atoms with E-state index in [1.807, 2.05) is 6.07 Å². The molecule has 4 nitrogen and oxygen atoms in total. The summed E-state index contributed by atoms with van der Waals surface area (Å²) in [5.41, 5.74) is 0.499. The molecule has 2 rings (SSSR count). The summed E-state index contributed by atoms with van der Waals surface area (Å²) in [6.45, 7) is 1.30. The van der Waals surface area contributed by atoms with Crippen LogP contribution in [0.15, 0.2) is 18.3 Å². The van der Waals surface area contributed by atoms with Crippen molar-refractivity contribution in [3.8, 4) is 0 Å². The number of halogens is 1. The lowest BCUT2D eigenvalue weighted by molar-refractivity contribution is -0.119. The monoisotopic (exact) mass is 228 g/mol. The Hall–Kier alpha value is -0.680. The minimum atomic E-state index is -0.467. The molecule has 1 fully saturated rings. The molecule has 0 unspecified atom stereocenters. The summed E-state index contributed by atoms with van der Waals surface area (Å²) in [7, 11) is 0. The Labute approximate surface area is 93.3 Å². The third-order valence-corrected chi connectivity index (χ3v) is 2.99. The summed E-state index contributed by atoms with van der Waals surface area (Å²) in [6.07, 6.45) is 3.14. The Bertz CT molecular complexity index is 340. The van der Waals surface area contributed by atoms with E-state index in [0.29, 0.717) is 18.4 Å². The molecule has 0 spiro atoms. The van der Waals surface area contributed by atoms with Crippen LogP contribution in [0.4, 0.5) is 0 Å². The molecule has 0 bridgehead atoms. The lowest BCUT2D eigenvalue weighted by atomic mass is 9.87. The minimum Gasteiger partial charge on any atom is -0.381 e. The van der Waals surface area contributed by atoms with Gasteiger partial charge in [-0.15, -0.1) is 0 Å². The van der Waals surface area contributed by atoms with E-state index in [1.54, 1.807) is 12.3 Å². The van der Waals surface area contributed by atoms with Gasteiger partial charge in [0.05, 0.1) is 0 Å². The number of aromatic nitrogens is 1. The summed E-state index contributed by atoms with van der Waals surface area (Å²) in [5.74, 6) is 5.40. The van der Waals surface area contributed by atoms with Gasteiger partial charge in [0.15, 0.2) is 0 Å². The number of ether oxygens (including phenoxy) is 1. The molecule has 2 N–H and O–H groups in total. The number of hydrogen-bond donors (Lipinski definition) is 1. The number of hydrogen-bond acceptors (Lipinski definition) is 4. The minimum absolute atomic E-state index is 0.454. The van der Waals surface area contributed by atoms with E-state index in [0.717, 1.165) is 18.4 Å². The van der Waals surface area contributed by atoms with E-state index in [2.05, 4.69) is 4.98 Å². The van der Waals surface area contributed by atoms with Gasteiger partial charge in [0.25, 0.3) is 0 Å². The maximum absolute atomic E-state index is 5.84. The molecule has 0 aromatic carbocycles. The summed E-state index contributed by atoms with van der Waals surface area (Å²) >= 11 is 5.84. The van der Waals surface area contributed by atoms with Gasteiger partial charge in [-0.05, 0) is 17.7 Å². The molecular formula is C10H13ClN2O2. The van der Waals surface area contributed by atoms with E-state index in [4.69, 9.17) is 27.1 Å². The van der Waals surface area contributed by atoms with Crippen molar-refractivity contribution in [2.24, 2.45) is 5.90 Å². The van der Waals surface area contributed by atoms with Gasteiger partial charge < -0.3 is 4.74 Å². The summed E-state index contributed by atoms with van der Waals surface area (Å²) in [6, 6.07) is 3.67. The molecule has 0 amide bonds. The molecule has 1 aromatic rings. The SMILES string of the molecule is NOC1(c2ccnc(Cl)c2)CCOCC1. The van der Waals surface area contributed by atoms with Crippen LogP contribution in [-0.4, -0.2) is 18.2 Å². The standard InChI is InChI=1S/C10H13ClN2O2/c11-9-7-8(1-4-13-9)10(15-12)2-5-14-6-3-10/h1,4,7H,2-3,5-6,12H2. The maximum Gasteiger partial charge on any atom is 0.129 e. The van der Waals surface area contributed by atoms with Crippen molar-refractivity contribution in [3.05, 3.63) is 29.0 Å². The lowest BCUT2D eigenvalue weighted by Gasteiger charge is -2.35. The van der Waals surface area contributed by atoms with Crippen LogP contribution in [0.25, 0.3) is 0 Å². The van der Waals surface area contributed by atoms with Gasteiger partial charge in [-0.3, -0.25) is 4.84 Å². The molecule has 1 aromatic heterocycles. The fourth-order valence-corrected chi connectivity index (χ4v) is 2.04. The Morgan fingerprint density at radius 3 is 2.80 bits per heavy atom. The predicted octanol–water partition coefficient (Wildman–Crippen LogP) is 1.63. The quantitative estimate of drug-likeness (QED) is 0.618. The van der Waals surface area contributed by atoms with E-state index < -0.39 is 5.60 Å². The van der Waals surface area contributed by atoms with Gasteiger partial charge >= 0.3 is 0 Å². The van der Waals surface area contributed by atoms with Crippen molar-refractivity contribution in [2.45, 2.75) is 18.4 Å². The lowest BCUT2D eigenvalue weighted by Crippen LogP contribution is -2.38. The summed E-state index contributed by atoms with van der Waals surface area (Å²) < 4.78 is 5.29. The molecule has 82 valence electrons. The molecule has 1 saturated heterocycles. The molecule has 0 saturated carbocycles. The van der Waals surface area contributed by atoms with Crippen molar-refractivity contribution in [3.63, 3.8) is 0 Å². The van der Waals surface area contributed by atoms with Crippen molar-refractivity contribution in [1.29, 1.82) is 0 Å². The third kappa shape index (κ3) is 2.13. The average Bonchev–Trinajstić information content (AvgIpc) is 2.30. The molecule has 0 aliphatic carbocycles. The normalized spacial score (nSPS) is 20.1. The van der Waals surface area contributed by atoms with Crippen LogP contribution < -0.4 is 5.90 Å². The molecule has 2 heterocycles. The van der Waals surface area contributed by atoms with Gasteiger partial charge in [0, 0.05) is 32.3 Å². The highest BCUT2D eigenvalue weighted by Gasteiger charge is 2.35. The van der Waals surface area contributed by atoms with E-state index >= 15 is 0 Å². The Balaban J connectivity index is 2.32. The molecule has 0 atom stereocenters. The van der Waals surface area contributed by atoms with Crippen LogP contribution in [-0.2, 0) is 15.2 Å². The molecular weight excluding hydrogens is 216 g/mol. The van der Waals surface area contributed by atoms with Gasteiger partial charge in [-0.2, -0.15) is 0 Å². The summed E-state index contributed by atoms with van der Waals surface area (Å²) in [4.78, 5) is 9.09. The zero-order chi connectivity index (χ0) is 10.7. The Kier molecular flexibility index (Phi) is 3.21. The van der Waals surface area contributed by atoms with Crippen LogP contribution in [0.5, 0.6) is 0 Å². The van der Waals surface area contributed by atoms with Crippen LogP contribution in [0.1, 0.15) is 18.4 Å². The van der Waals surface area contributed by atoms with Crippen LogP contribution in [0, 0.1) is 0 Å². The second kappa shape index (κ2) is 4.45. The fraction of sp³-hybridized carbons (Fsp3) is 0.500. The largest absolute Gasteiger partial charge is 0.381 e. The molecule has 15 heavy (non-hydrogen) atoms. The van der Waals surface area contributed by atoms with E-state index in [9.17, 15) is 0 Å². The Morgan fingerprint density at radius 1 is 1.47 bits per heavy atom. The van der Waals surface area contributed by atoms with Crippen molar-refractivity contribution < 1.29 is 9.57 Å². The van der Waals surface area contributed by atoms with Crippen LogP contribution in [0.3, 0.4) is 0 Å². The van der Waals surface area contributed by atoms with E-state index in [-0.39, 0.29) is 0 Å².